The van der Waals surface area contributed by atoms with Crippen LogP contribution in [0.25, 0.3) is 22.2 Å². The van der Waals surface area contributed by atoms with Crippen LogP contribution in [0.1, 0.15) is 24.2 Å². The lowest BCUT2D eigenvalue weighted by atomic mass is 10.0. The number of rotatable bonds is 6. The van der Waals surface area contributed by atoms with Crippen molar-refractivity contribution in [1.82, 2.24) is 19.8 Å². The molecule has 0 unspecified atom stereocenters. The number of nitrogens with zero attached hydrogens (tertiary/aromatic N) is 4. The van der Waals surface area contributed by atoms with Crippen molar-refractivity contribution in [2.45, 2.75) is 13.8 Å². The van der Waals surface area contributed by atoms with Crippen molar-refractivity contribution in [1.29, 1.82) is 0 Å². The quantitative estimate of drug-likeness (QED) is 0.662. The van der Waals surface area contributed by atoms with Gasteiger partial charge in [0.05, 0.1) is 23.3 Å². The molecule has 0 saturated heterocycles. The third kappa shape index (κ3) is 4.01. The van der Waals surface area contributed by atoms with Gasteiger partial charge in [0, 0.05) is 43.5 Å². The fraction of sp³-hybridized carbons (Fsp3) is 0.273. The average Bonchev–Trinajstić information content (AvgIpc) is 2.73. The van der Waals surface area contributed by atoms with Crippen LogP contribution in [0.15, 0.2) is 54.9 Å². The molecule has 1 aromatic carbocycles. The van der Waals surface area contributed by atoms with Crippen LogP contribution in [0, 0.1) is 0 Å². The molecule has 2 amide bonds. The van der Waals surface area contributed by atoms with E-state index in [1.54, 1.807) is 30.4 Å². The van der Waals surface area contributed by atoms with Gasteiger partial charge in [0.15, 0.2) is 0 Å². The topological polar surface area (TPSA) is 66.4 Å². The molecule has 0 N–H and O–H groups in total. The highest BCUT2D eigenvalue weighted by molar-refractivity contribution is 6.07. The lowest BCUT2D eigenvalue weighted by Gasteiger charge is -2.23. The van der Waals surface area contributed by atoms with Gasteiger partial charge in [0.2, 0.25) is 5.91 Å². The van der Waals surface area contributed by atoms with Crippen molar-refractivity contribution in [3.63, 3.8) is 0 Å². The van der Waals surface area contributed by atoms with E-state index in [2.05, 4.69) is 9.97 Å². The van der Waals surface area contributed by atoms with E-state index in [4.69, 9.17) is 0 Å². The van der Waals surface area contributed by atoms with Crippen LogP contribution in [0.3, 0.4) is 0 Å². The highest BCUT2D eigenvalue weighted by atomic mass is 16.2. The number of hydrogen-bond acceptors (Lipinski definition) is 4. The van der Waals surface area contributed by atoms with Crippen LogP contribution >= 0.6 is 0 Å². The monoisotopic (exact) mass is 376 g/mol. The number of fused-ring (bicyclic) bond motifs is 1. The van der Waals surface area contributed by atoms with E-state index in [0.717, 1.165) is 16.5 Å². The Morgan fingerprint density at radius 2 is 1.68 bits per heavy atom. The number of para-hydroxylation sites is 1. The Balaban J connectivity index is 1.99. The van der Waals surface area contributed by atoms with Gasteiger partial charge < -0.3 is 9.80 Å². The van der Waals surface area contributed by atoms with E-state index in [1.165, 1.54) is 4.90 Å². The summed E-state index contributed by atoms with van der Waals surface area (Å²) >= 11 is 0. The Labute approximate surface area is 164 Å². The van der Waals surface area contributed by atoms with Gasteiger partial charge in [-0.05, 0) is 38.1 Å². The molecule has 6 heteroatoms. The first-order chi connectivity index (χ1) is 13.5. The first kappa shape index (κ1) is 19.5. The molecule has 0 fully saturated rings. The zero-order valence-electron chi connectivity index (χ0n) is 16.4. The molecule has 0 radical (unpaired) electrons. The van der Waals surface area contributed by atoms with Gasteiger partial charge in [-0.3, -0.25) is 14.6 Å². The zero-order valence-corrected chi connectivity index (χ0v) is 16.4. The molecule has 0 aliphatic carbocycles. The molecule has 2 heterocycles. The molecule has 28 heavy (non-hydrogen) atoms. The highest BCUT2D eigenvalue weighted by Crippen LogP contribution is 2.25. The Morgan fingerprint density at radius 1 is 1.00 bits per heavy atom. The van der Waals surface area contributed by atoms with E-state index in [0.29, 0.717) is 24.3 Å². The molecule has 0 saturated carbocycles. The smallest absolute Gasteiger partial charge is 0.254 e. The predicted octanol–water partition coefficient (Wildman–Crippen LogP) is 3.24. The molecule has 6 nitrogen and oxygen atoms in total. The molecular weight excluding hydrogens is 352 g/mol. The average molecular weight is 376 g/mol. The number of hydrogen-bond donors (Lipinski definition) is 0. The third-order valence-corrected chi connectivity index (χ3v) is 4.76. The summed E-state index contributed by atoms with van der Waals surface area (Å²) in [6.07, 6.45) is 3.39. The first-order valence-electron chi connectivity index (χ1n) is 9.38. The summed E-state index contributed by atoms with van der Waals surface area (Å²) in [6, 6.07) is 13.1. The SMILES string of the molecule is CCN(CC)C(=O)CN(C)C(=O)c1cc(-c2ccncc2)nc2ccccc12. The summed E-state index contributed by atoms with van der Waals surface area (Å²) in [7, 11) is 1.66. The number of benzene rings is 1. The molecule has 0 aliphatic rings. The molecule has 0 spiro atoms. The summed E-state index contributed by atoms with van der Waals surface area (Å²) in [5.41, 5.74) is 2.86. The number of pyridine rings is 2. The second-order valence-corrected chi connectivity index (χ2v) is 6.54. The molecule has 0 aliphatic heterocycles. The van der Waals surface area contributed by atoms with Crippen LogP contribution in [0.2, 0.25) is 0 Å². The molecule has 3 rings (SSSR count). The molecular formula is C22H24N4O2. The minimum absolute atomic E-state index is 0.0434. The standard InChI is InChI=1S/C22H24N4O2/c1-4-26(5-2)21(27)15-25(3)22(28)18-14-20(16-10-12-23-13-11-16)24-19-9-7-6-8-17(18)19/h6-14H,4-5,15H2,1-3H3. The molecule has 0 atom stereocenters. The number of carbonyl (C=O) groups is 2. The second-order valence-electron chi connectivity index (χ2n) is 6.54. The summed E-state index contributed by atoms with van der Waals surface area (Å²) in [4.78, 5) is 37.5. The maximum absolute atomic E-state index is 13.2. The van der Waals surface area contributed by atoms with Crippen molar-refractivity contribution < 1.29 is 9.59 Å². The van der Waals surface area contributed by atoms with E-state index in [9.17, 15) is 9.59 Å². The summed E-state index contributed by atoms with van der Waals surface area (Å²) < 4.78 is 0. The Hall–Kier alpha value is -3.28. The van der Waals surface area contributed by atoms with Gasteiger partial charge in [-0.1, -0.05) is 18.2 Å². The third-order valence-electron chi connectivity index (χ3n) is 4.76. The maximum atomic E-state index is 13.2. The van der Waals surface area contributed by atoms with Gasteiger partial charge in [0.25, 0.3) is 5.91 Å². The number of carbonyl (C=O) groups excluding carboxylic acids is 2. The van der Waals surface area contributed by atoms with Crippen LogP contribution < -0.4 is 0 Å². The van der Waals surface area contributed by atoms with Gasteiger partial charge in [0.1, 0.15) is 0 Å². The summed E-state index contributed by atoms with van der Waals surface area (Å²) in [5.74, 6) is -0.261. The fourth-order valence-corrected chi connectivity index (χ4v) is 3.18. The van der Waals surface area contributed by atoms with Crippen LogP contribution in [-0.2, 0) is 4.79 Å². The first-order valence-corrected chi connectivity index (χ1v) is 9.38. The lowest BCUT2D eigenvalue weighted by molar-refractivity contribution is -0.131. The van der Waals surface area contributed by atoms with Crippen LogP contribution in [0.4, 0.5) is 0 Å². The molecule has 0 bridgehead atoms. The Kier molecular flexibility index (Phi) is 5.99. The van der Waals surface area contributed by atoms with Crippen molar-refractivity contribution >= 4 is 22.7 Å². The summed E-state index contributed by atoms with van der Waals surface area (Å²) in [6.45, 7) is 5.16. The number of likely N-dealkylation sites (N-methyl/N-ethyl adjacent to an activating group) is 2. The minimum atomic E-state index is -0.200. The van der Waals surface area contributed by atoms with E-state index in [-0.39, 0.29) is 18.4 Å². The maximum Gasteiger partial charge on any atom is 0.254 e. The zero-order chi connectivity index (χ0) is 20.1. The van der Waals surface area contributed by atoms with Crippen molar-refractivity contribution in [2.75, 3.05) is 26.7 Å². The lowest BCUT2D eigenvalue weighted by Crippen LogP contribution is -2.41. The summed E-state index contributed by atoms with van der Waals surface area (Å²) in [5, 5.41) is 0.771. The van der Waals surface area contributed by atoms with E-state index in [1.807, 2.05) is 50.2 Å². The van der Waals surface area contributed by atoms with E-state index < -0.39 is 0 Å². The van der Waals surface area contributed by atoms with Gasteiger partial charge in [-0.2, -0.15) is 0 Å². The largest absolute Gasteiger partial charge is 0.342 e. The highest BCUT2D eigenvalue weighted by Gasteiger charge is 2.21. The molecule has 3 aromatic rings. The second kappa shape index (κ2) is 8.61. The Bertz CT molecular complexity index is 984. The fourth-order valence-electron chi connectivity index (χ4n) is 3.18. The Morgan fingerprint density at radius 3 is 2.36 bits per heavy atom. The van der Waals surface area contributed by atoms with Crippen LogP contribution in [-0.4, -0.2) is 58.3 Å². The van der Waals surface area contributed by atoms with Gasteiger partial charge >= 0.3 is 0 Å². The van der Waals surface area contributed by atoms with E-state index >= 15 is 0 Å². The van der Waals surface area contributed by atoms with Gasteiger partial charge in [-0.15, -0.1) is 0 Å². The number of aromatic nitrogens is 2. The normalized spacial score (nSPS) is 10.7. The molecule has 144 valence electrons. The predicted molar refractivity (Wildman–Crippen MR) is 110 cm³/mol. The van der Waals surface area contributed by atoms with Gasteiger partial charge in [-0.25, -0.2) is 4.98 Å². The number of amides is 2. The van der Waals surface area contributed by atoms with Crippen LogP contribution in [0.5, 0.6) is 0 Å². The minimum Gasteiger partial charge on any atom is -0.342 e. The van der Waals surface area contributed by atoms with Crippen molar-refractivity contribution in [3.05, 3.63) is 60.4 Å². The van der Waals surface area contributed by atoms with Crippen molar-refractivity contribution in [2.24, 2.45) is 0 Å². The molecule has 2 aromatic heterocycles. The van der Waals surface area contributed by atoms with Crippen molar-refractivity contribution in [3.8, 4) is 11.3 Å².